The number of imidazole rings is 1. The van der Waals surface area contributed by atoms with Gasteiger partial charge in [0.15, 0.2) is 0 Å². The number of likely N-dealkylation sites (tertiary alicyclic amines) is 1. The number of hydrogen-bond acceptors (Lipinski definition) is 6. The van der Waals surface area contributed by atoms with Crippen LogP contribution in [-0.4, -0.2) is 48.7 Å². The van der Waals surface area contributed by atoms with Crippen molar-refractivity contribution in [1.82, 2.24) is 24.6 Å². The van der Waals surface area contributed by atoms with Gasteiger partial charge < -0.3 is 19.1 Å². The van der Waals surface area contributed by atoms with Gasteiger partial charge in [0.2, 0.25) is 17.6 Å². The third kappa shape index (κ3) is 4.91. The molecule has 2 aromatic heterocycles. The van der Waals surface area contributed by atoms with Crippen molar-refractivity contribution in [3.05, 3.63) is 53.9 Å². The molecule has 1 fully saturated rings. The van der Waals surface area contributed by atoms with Gasteiger partial charge in [0.05, 0.1) is 0 Å². The predicted molar refractivity (Wildman–Crippen MR) is 120 cm³/mol. The molecule has 1 amide bonds. The lowest BCUT2D eigenvalue weighted by Crippen LogP contribution is -2.42. The van der Waals surface area contributed by atoms with Gasteiger partial charge in [-0.1, -0.05) is 43.3 Å². The summed E-state index contributed by atoms with van der Waals surface area (Å²) in [7, 11) is 1.87. The smallest absolute Gasteiger partial charge is 0.227 e. The zero-order valence-electron chi connectivity index (χ0n) is 18.9. The number of aromatic nitrogens is 4. The molecule has 0 bridgehead atoms. The molecule has 0 spiro atoms. The fourth-order valence-electron chi connectivity index (χ4n) is 4.23. The Morgan fingerprint density at radius 1 is 1.28 bits per heavy atom. The number of aryl methyl sites for hydroxylation is 2. The molecule has 0 unspecified atom stereocenters. The van der Waals surface area contributed by atoms with Crippen LogP contribution in [0.4, 0.5) is 0 Å². The number of hydrogen-bond donors (Lipinski definition) is 1. The standard InChI is InChI=1S/C24H31N5O3/c1-16(2)17-6-8-18(9-7-17)23-26-20(32-27-23)10-11-21(30)29-13-4-5-19(15-29)22(31)24-25-12-14-28(24)3/h6-9,12,14,16,19,22,31H,4-5,10-11,13,15H2,1-3H3/t19-,22-/m0/s1. The first-order valence-corrected chi connectivity index (χ1v) is 11.3. The average Bonchev–Trinajstić information content (AvgIpc) is 3.46. The maximum atomic E-state index is 12.8. The van der Waals surface area contributed by atoms with Gasteiger partial charge >= 0.3 is 0 Å². The van der Waals surface area contributed by atoms with E-state index in [0.717, 1.165) is 18.4 Å². The Kier molecular flexibility index (Phi) is 6.69. The van der Waals surface area contributed by atoms with Gasteiger partial charge in [-0.25, -0.2) is 4.98 Å². The molecule has 2 atom stereocenters. The highest BCUT2D eigenvalue weighted by molar-refractivity contribution is 5.76. The molecular formula is C24H31N5O3. The number of carbonyl (C=O) groups excluding carboxylic acids is 1. The first-order valence-electron chi connectivity index (χ1n) is 11.3. The Morgan fingerprint density at radius 2 is 2.06 bits per heavy atom. The van der Waals surface area contributed by atoms with Crippen molar-refractivity contribution >= 4 is 5.91 Å². The second kappa shape index (κ2) is 9.65. The number of rotatable bonds is 7. The van der Waals surface area contributed by atoms with Crippen LogP contribution in [0, 0.1) is 5.92 Å². The molecule has 1 N–H and O–H groups in total. The van der Waals surface area contributed by atoms with Crippen LogP contribution in [0.25, 0.3) is 11.4 Å². The van der Waals surface area contributed by atoms with Crippen LogP contribution in [0.1, 0.15) is 62.4 Å². The topological polar surface area (TPSA) is 97.3 Å². The molecule has 0 saturated carbocycles. The minimum atomic E-state index is -0.675. The summed E-state index contributed by atoms with van der Waals surface area (Å²) in [6, 6.07) is 8.14. The van der Waals surface area contributed by atoms with Gasteiger partial charge in [-0.3, -0.25) is 4.79 Å². The number of aliphatic hydroxyl groups excluding tert-OH is 1. The molecule has 1 saturated heterocycles. The third-order valence-electron chi connectivity index (χ3n) is 6.24. The molecule has 8 nitrogen and oxygen atoms in total. The second-order valence-electron chi connectivity index (χ2n) is 8.87. The molecule has 8 heteroatoms. The van der Waals surface area contributed by atoms with Gasteiger partial charge in [0, 0.05) is 56.9 Å². The number of carbonyl (C=O) groups is 1. The van der Waals surface area contributed by atoms with Gasteiger partial charge in [-0.2, -0.15) is 4.98 Å². The molecule has 1 aromatic carbocycles. The van der Waals surface area contributed by atoms with Gasteiger partial charge in [-0.05, 0) is 24.3 Å². The Bertz CT molecular complexity index is 1040. The van der Waals surface area contributed by atoms with Crippen molar-refractivity contribution in [1.29, 1.82) is 0 Å². The van der Waals surface area contributed by atoms with Crippen molar-refractivity contribution in [2.24, 2.45) is 13.0 Å². The zero-order chi connectivity index (χ0) is 22.7. The molecule has 32 heavy (non-hydrogen) atoms. The minimum Gasteiger partial charge on any atom is -0.385 e. The van der Waals surface area contributed by atoms with Crippen molar-refractivity contribution < 1.29 is 14.4 Å². The van der Waals surface area contributed by atoms with Crippen molar-refractivity contribution in [2.75, 3.05) is 13.1 Å². The van der Waals surface area contributed by atoms with E-state index in [-0.39, 0.29) is 11.8 Å². The van der Waals surface area contributed by atoms with Crippen molar-refractivity contribution in [2.45, 2.75) is 51.6 Å². The van der Waals surface area contributed by atoms with E-state index < -0.39 is 6.10 Å². The fourth-order valence-corrected chi connectivity index (χ4v) is 4.23. The predicted octanol–water partition coefficient (Wildman–Crippen LogP) is 3.50. The van der Waals surface area contributed by atoms with Crippen LogP contribution in [0.2, 0.25) is 0 Å². The van der Waals surface area contributed by atoms with Crippen LogP contribution in [0.3, 0.4) is 0 Å². The summed E-state index contributed by atoms with van der Waals surface area (Å²) < 4.78 is 7.20. The van der Waals surface area contributed by atoms with Crippen LogP contribution in [0.15, 0.2) is 41.2 Å². The SMILES string of the molecule is CC(C)c1ccc(-c2noc(CCC(=O)N3CCC[C@H]([C@H](O)c4nccn4C)C3)n2)cc1. The maximum Gasteiger partial charge on any atom is 0.227 e. The zero-order valence-corrected chi connectivity index (χ0v) is 18.9. The van der Waals surface area contributed by atoms with E-state index in [1.54, 1.807) is 6.20 Å². The van der Waals surface area contributed by atoms with Crippen LogP contribution in [0.5, 0.6) is 0 Å². The van der Waals surface area contributed by atoms with Crippen LogP contribution >= 0.6 is 0 Å². The number of aliphatic hydroxyl groups is 1. The largest absolute Gasteiger partial charge is 0.385 e. The summed E-state index contributed by atoms with van der Waals surface area (Å²) in [5.74, 6) is 2.14. The first kappa shape index (κ1) is 22.2. The summed E-state index contributed by atoms with van der Waals surface area (Å²) in [6.45, 7) is 5.55. The molecule has 4 rings (SSSR count). The van der Waals surface area contributed by atoms with E-state index in [0.29, 0.717) is 49.4 Å². The van der Waals surface area contributed by atoms with Crippen LogP contribution < -0.4 is 0 Å². The van der Waals surface area contributed by atoms with E-state index in [2.05, 4.69) is 41.1 Å². The Morgan fingerprint density at radius 3 is 2.75 bits per heavy atom. The molecule has 3 aromatic rings. The Hall–Kier alpha value is -3.00. The molecule has 1 aliphatic rings. The lowest BCUT2D eigenvalue weighted by atomic mass is 9.91. The lowest BCUT2D eigenvalue weighted by molar-refractivity contribution is -0.134. The highest BCUT2D eigenvalue weighted by Gasteiger charge is 2.31. The molecule has 0 radical (unpaired) electrons. The van der Waals surface area contributed by atoms with E-state index in [9.17, 15) is 9.90 Å². The summed E-state index contributed by atoms with van der Waals surface area (Å²) in [4.78, 5) is 23.4. The number of piperidine rings is 1. The Labute approximate surface area is 188 Å². The lowest BCUT2D eigenvalue weighted by Gasteiger charge is -2.35. The maximum absolute atomic E-state index is 12.8. The molecule has 1 aliphatic heterocycles. The van der Waals surface area contributed by atoms with E-state index >= 15 is 0 Å². The monoisotopic (exact) mass is 437 g/mol. The molecule has 3 heterocycles. The summed E-state index contributed by atoms with van der Waals surface area (Å²) in [5.41, 5.74) is 2.16. The van der Waals surface area contributed by atoms with Gasteiger partial charge in [0.1, 0.15) is 11.9 Å². The summed E-state index contributed by atoms with van der Waals surface area (Å²) in [6.07, 6.45) is 5.28. The average molecular weight is 438 g/mol. The van der Waals surface area contributed by atoms with Crippen molar-refractivity contribution in [3.63, 3.8) is 0 Å². The summed E-state index contributed by atoms with van der Waals surface area (Å²) in [5, 5.41) is 14.8. The molecule has 170 valence electrons. The van der Waals surface area contributed by atoms with E-state index in [1.165, 1.54) is 5.56 Å². The van der Waals surface area contributed by atoms with Gasteiger partial charge in [-0.15, -0.1) is 0 Å². The van der Waals surface area contributed by atoms with Crippen LogP contribution in [-0.2, 0) is 18.3 Å². The summed E-state index contributed by atoms with van der Waals surface area (Å²) >= 11 is 0. The number of benzene rings is 1. The number of nitrogens with zero attached hydrogens (tertiary/aromatic N) is 5. The Balaban J connectivity index is 1.32. The second-order valence-corrected chi connectivity index (χ2v) is 8.87. The molecule has 0 aliphatic carbocycles. The minimum absolute atomic E-state index is 0.0161. The quantitative estimate of drug-likeness (QED) is 0.608. The third-order valence-corrected chi connectivity index (χ3v) is 6.24. The normalized spacial score (nSPS) is 17.7. The highest BCUT2D eigenvalue weighted by atomic mass is 16.5. The fraction of sp³-hybridized carbons (Fsp3) is 0.500. The first-order chi connectivity index (χ1) is 15.4. The van der Waals surface area contributed by atoms with Crippen molar-refractivity contribution in [3.8, 4) is 11.4 Å². The molecular weight excluding hydrogens is 406 g/mol. The van der Waals surface area contributed by atoms with Gasteiger partial charge in [0.25, 0.3) is 0 Å². The van der Waals surface area contributed by atoms with E-state index in [4.69, 9.17) is 4.52 Å². The number of amides is 1. The highest BCUT2D eigenvalue weighted by Crippen LogP contribution is 2.29. The van der Waals surface area contributed by atoms with E-state index in [1.807, 2.05) is 34.8 Å².